The van der Waals surface area contributed by atoms with Gasteiger partial charge < -0.3 is 0 Å². The molecule has 2 amide bonds. The number of sulfonamides is 1. The molecule has 5 rings (SSSR count). The van der Waals surface area contributed by atoms with Crippen molar-refractivity contribution in [2.24, 2.45) is 5.14 Å². The van der Waals surface area contributed by atoms with Gasteiger partial charge in [0.1, 0.15) is 11.6 Å². The van der Waals surface area contributed by atoms with Crippen LogP contribution >= 0.6 is 11.3 Å². The van der Waals surface area contributed by atoms with E-state index < -0.39 is 34.2 Å². The Bertz CT molecular complexity index is 1670. The van der Waals surface area contributed by atoms with Crippen LogP contribution in [0.1, 0.15) is 18.7 Å². The number of aryl methyl sites for hydroxylation is 1. The van der Waals surface area contributed by atoms with E-state index >= 15 is 4.39 Å². The quantitative estimate of drug-likeness (QED) is 0.317. The molecule has 39 heavy (non-hydrogen) atoms. The zero-order valence-electron chi connectivity index (χ0n) is 20.2. The van der Waals surface area contributed by atoms with Gasteiger partial charge in [-0.15, -0.1) is 0 Å². The van der Waals surface area contributed by atoms with E-state index in [4.69, 9.17) is 5.14 Å². The standard InChI is InChI=1S/C24H20F4N6O3S2/c1-13-21(39(29,36)37)38-23(31-13)33-8-2-7-32(24(33)35)17-5-3-14(4-6-17)18-9-16(25)10-19(20(18)26)15-11-30-34(12-15)22(27)28/h3-6,9-12,22H,2,7-8H2,1H3,(H2,29,36,37). The van der Waals surface area contributed by atoms with Crippen molar-refractivity contribution in [3.8, 4) is 22.3 Å². The van der Waals surface area contributed by atoms with Crippen molar-refractivity contribution >= 4 is 38.2 Å². The lowest BCUT2D eigenvalue weighted by Crippen LogP contribution is -2.49. The van der Waals surface area contributed by atoms with Crippen molar-refractivity contribution < 1.29 is 30.8 Å². The molecule has 1 fully saturated rings. The summed E-state index contributed by atoms with van der Waals surface area (Å²) < 4.78 is 79.4. The minimum Gasteiger partial charge on any atom is -0.294 e. The second-order valence-electron chi connectivity index (χ2n) is 8.70. The van der Waals surface area contributed by atoms with Gasteiger partial charge in [0.05, 0.1) is 11.9 Å². The number of amides is 2. The van der Waals surface area contributed by atoms with E-state index in [0.29, 0.717) is 35.4 Å². The fraction of sp³-hybridized carbons (Fsp3) is 0.208. The Hall–Kier alpha value is -3.82. The van der Waals surface area contributed by atoms with Crippen LogP contribution in [0.15, 0.2) is 53.0 Å². The summed E-state index contributed by atoms with van der Waals surface area (Å²) >= 11 is 0.809. The molecular weight excluding hydrogens is 560 g/mol. The van der Waals surface area contributed by atoms with Gasteiger partial charge in [-0.1, -0.05) is 23.5 Å². The summed E-state index contributed by atoms with van der Waals surface area (Å²) in [4.78, 5) is 20.3. The van der Waals surface area contributed by atoms with Gasteiger partial charge in [-0.05, 0) is 43.2 Å². The number of hydrogen-bond donors (Lipinski definition) is 1. The van der Waals surface area contributed by atoms with Crippen molar-refractivity contribution in [3.05, 3.63) is 66.1 Å². The summed E-state index contributed by atoms with van der Waals surface area (Å²) in [6.45, 7) is -0.740. The van der Waals surface area contributed by atoms with E-state index in [1.165, 1.54) is 28.9 Å². The first-order valence-electron chi connectivity index (χ1n) is 11.5. The van der Waals surface area contributed by atoms with Crippen LogP contribution in [0.4, 0.5) is 33.2 Å². The number of primary sulfonamides is 1. The summed E-state index contributed by atoms with van der Waals surface area (Å²) in [5, 5.41) is 8.91. The molecule has 0 spiro atoms. The first-order valence-corrected chi connectivity index (χ1v) is 13.8. The first-order chi connectivity index (χ1) is 18.4. The summed E-state index contributed by atoms with van der Waals surface area (Å²) in [6.07, 6.45) is 2.52. The van der Waals surface area contributed by atoms with Gasteiger partial charge in [0, 0.05) is 41.7 Å². The molecule has 1 aliphatic heterocycles. The van der Waals surface area contributed by atoms with Gasteiger partial charge in [-0.25, -0.2) is 36.8 Å². The number of halogens is 4. The van der Waals surface area contributed by atoms with Crippen LogP contribution in [0.3, 0.4) is 0 Å². The van der Waals surface area contributed by atoms with E-state index in [2.05, 4.69) is 10.1 Å². The number of nitrogens with two attached hydrogens (primary N) is 1. The number of benzene rings is 2. The van der Waals surface area contributed by atoms with E-state index in [1.54, 1.807) is 12.1 Å². The van der Waals surface area contributed by atoms with Crippen molar-refractivity contribution in [2.45, 2.75) is 24.1 Å². The summed E-state index contributed by atoms with van der Waals surface area (Å²) in [5.74, 6) is -1.59. The maximum Gasteiger partial charge on any atom is 0.333 e. The van der Waals surface area contributed by atoms with Gasteiger partial charge in [-0.3, -0.25) is 9.80 Å². The maximum atomic E-state index is 15.4. The van der Waals surface area contributed by atoms with E-state index in [-0.39, 0.29) is 31.7 Å². The van der Waals surface area contributed by atoms with E-state index in [0.717, 1.165) is 35.9 Å². The number of rotatable bonds is 6. The number of nitrogens with zero attached hydrogens (tertiary/aromatic N) is 5. The molecule has 0 atom stereocenters. The van der Waals surface area contributed by atoms with Crippen LogP contribution in [0.25, 0.3) is 22.3 Å². The van der Waals surface area contributed by atoms with Crippen LogP contribution in [0.2, 0.25) is 0 Å². The van der Waals surface area contributed by atoms with Gasteiger partial charge in [0.2, 0.25) is 10.0 Å². The Labute approximate surface area is 224 Å². The van der Waals surface area contributed by atoms with Crippen molar-refractivity contribution in [1.29, 1.82) is 0 Å². The van der Waals surface area contributed by atoms with E-state index in [9.17, 15) is 26.4 Å². The number of thiazole rings is 1. The molecule has 2 N–H and O–H groups in total. The molecule has 0 unspecified atom stereocenters. The molecule has 15 heteroatoms. The van der Waals surface area contributed by atoms with Crippen LogP contribution in [-0.2, 0) is 10.0 Å². The predicted octanol–water partition coefficient (Wildman–Crippen LogP) is 5.14. The maximum absolute atomic E-state index is 15.4. The lowest BCUT2D eigenvalue weighted by molar-refractivity contribution is 0.0566. The molecule has 1 aliphatic rings. The number of alkyl halides is 2. The largest absolute Gasteiger partial charge is 0.333 e. The average molecular weight is 581 g/mol. The third-order valence-corrected chi connectivity index (χ3v) is 8.83. The minimum absolute atomic E-state index is 0.00723. The average Bonchev–Trinajstić information content (AvgIpc) is 3.53. The van der Waals surface area contributed by atoms with Crippen molar-refractivity contribution in [1.82, 2.24) is 14.8 Å². The van der Waals surface area contributed by atoms with Gasteiger partial charge >= 0.3 is 12.6 Å². The van der Waals surface area contributed by atoms with Crippen molar-refractivity contribution in [3.63, 3.8) is 0 Å². The van der Waals surface area contributed by atoms with Crippen LogP contribution in [-0.4, -0.2) is 42.3 Å². The highest BCUT2D eigenvalue weighted by molar-refractivity contribution is 7.91. The third kappa shape index (κ3) is 5.12. The third-order valence-electron chi connectivity index (χ3n) is 6.10. The lowest BCUT2D eigenvalue weighted by atomic mass is 9.99. The Morgan fingerprint density at radius 3 is 2.26 bits per heavy atom. The summed E-state index contributed by atoms with van der Waals surface area (Å²) in [6, 6.07) is 7.63. The number of carbonyl (C=O) groups excluding carboxylic acids is 1. The fourth-order valence-electron chi connectivity index (χ4n) is 4.30. The summed E-state index contributed by atoms with van der Waals surface area (Å²) in [7, 11) is -3.99. The van der Waals surface area contributed by atoms with Crippen LogP contribution in [0, 0.1) is 18.6 Å². The highest BCUT2D eigenvalue weighted by Gasteiger charge is 2.31. The topological polar surface area (TPSA) is 114 Å². The van der Waals surface area contributed by atoms with Gasteiger partial charge in [0.15, 0.2) is 9.34 Å². The lowest BCUT2D eigenvalue weighted by Gasteiger charge is -2.34. The SMILES string of the molecule is Cc1nc(N2CCCN(c3ccc(-c4cc(F)cc(-c5cnn(C(F)F)c5)c4F)cc3)C2=O)sc1S(N)(=O)=O. The molecule has 9 nitrogen and oxygen atoms in total. The van der Waals surface area contributed by atoms with E-state index in [1.807, 2.05) is 0 Å². The van der Waals surface area contributed by atoms with Gasteiger partial charge in [-0.2, -0.15) is 13.9 Å². The number of carbonyl (C=O) groups is 1. The zero-order chi connectivity index (χ0) is 28.1. The number of hydrogen-bond acceptors (Lipinski definition) is 6. The Kier molecular flexibility index (Phi) is 6.90. The second kappa shape index (κ2) is 10.1. The normalized spacial score (nSPS) is 14.5. The van der Waals surface area contributed by atoms with Crippen LogP contribution < -0.4 is 14.9 Å². The monoisotopic (exact) mass is 580 g/mol. The fourth-order valence-corrected chi connectivity index (χ4v) is 6.27. The molecule has 2 aromatic carbocycles. The Morgan fingerprint density at radius 2 is 1.67 bits per heavy atom. The smallest absolute Gasteiger partial charge is 0.294 e. The molecule has 204 valence electrons. The van der Waals surface area contributed by atoms with Crippen LogP contribution in [0.5, 0.6) is 0 Å². The van der Waals surface area contributed by atoms with Crippen molar-refractivity contribution in [2.75, 3.05) is 22.9 Å². The molecule has 4 aromatic rings. The van der Waals surface area contributed by atoms with Gasteiger partial charge in [0.25, 0.3) is 0 Å². The molecule has 0 saturated carbocycles. The molecular formula is C24H20F4N6O3S2. The highest BCUT2D eigenvalue weighted by Crippen LogP contribution is 2.35. The number of anilines is 2. The number of aromatic nitrogens is 3. The first kappa shape index (κ1) is 26.8. The molecule has 0 aliphatic carbocycles. The zero-order valence-corrected chi connectivity index (χ0v) is 21.8. The second-order valence-corrected chi connectivity index (χ2v) is 11.4. The Balaban J connectivity index is 1.43. The minimum atomic E-state index is -3.99. The molecule has 1 saturated heterocycles. The Morgan fingerprint density at radius 1 is 1.03 bits per heavy atom. The molecule has 3 heterocycles. The summed E-state index contributed by atoms with van der Waals surface area (Å²) in [5.41, 5.74) is 0.649. The molecule has 0 bridgehead atoms. The number of urea groups is 1. The predicted molar refractivity (Wildman–Crippen MR) is 137 cm³/mol. The molecule has 2 aromatic heterocycles. The highest BCUT2D eigenvalue weighted by atomic mass is 32.2. The molecule has 0 radical (unpaired) electrons.